The van der Waals surface area contributed by atoms with Crippen LogP contribution in [0.1, 0.15) is 316 Å². The summed E-state index contributed by atoms with van der Waals surface area (Å²) in [5.41, 5.74) is 0. The number of hydrogen-bond acceptors (Lipinski definition) is 6. The molecule has 0 aliphatic rings. The zero-order valence-electron chi connectivity index (χ0n) is 46.1. The van der Waals surface area contributed by atoms with Gasteiger partial charge in [0.25, 0.3) is 0 Å². The van der Waals surface area contributed by atoms with E-state index in [2.05, 4.69) is 69.4 Å². The van der Waals surface area contributed by atoms with E-state index >= 15 is 0 Å². The number of carbonyl (C=O) groups is 3. The SMILES string of the molecule is CCCCC/C=C\C/C=C\CCCCCCCCCCCC(=O)OC[C@@H](COC(=O)CCCCCCC/C=C\CCCCCC)OC(=O)CCCCCCCCCCC/C=C\CCCCCCCC. The highest BCUT2D eigenvalue weighted by atomic mass is 16.6. The lowest BCUT2D eigenvalue weighted by atomic mass is 10.1. The maximum Gasteiger partial charge on any atom is 0.306 e. The normalized spacial score (nSPS) is 12.3. The molecule has 0 heterocycles. The van der Waals surface area contributed by atoms with E-state index in [4.69, 9.17) is 14.2 Å². The van der Waals surface area contributed by atoms with E-state index in [0.717, 1.165) is 70.6 Å². The van der Waals surface area contributed by atoms with Crippen LogP contribution in [0.25, 0.3) is 0 Å². The number of allylic oxidation sites excluding steroid dienone is 8. The summed E-state index contributed by atoms with van der Waals surface area (Å²) in [6.07, 6.45) is 71.0. The second-order valence-electron chi connectivity index (χ2n) is 20.2. The molecule has 0 aromatic heterocycles. The molecular weight excluding hydrogens is 853 g/mol. The van der Waals surface area contributed by atoms with Gasteiger partial charge in [0.2, 0.25) is 0 Å². The van der Waals surface area contributed by atoms with Crippen LogP contribution in [0.3, 0.4) is 0 Å². The molecule has 6 heteroatoms. The quantitative estimate of drug-likeness (QED) is 0.0262. The largest absolute Gasteiger partial charge is 0.462 e. The Bertz CT molecular complexity index is 1200. The summed E-state index contributed by atoms with van der Waals surface area (Å²) in [5, 5.41) is 0. The lowest BCUT2D eigenvalue weighted by molar-refractivity contribution is -0.167. The van der Waals surface area contributed by atoms with Crippen LogP contribution in [0.15, 0.2) is 48.6 Å². The number of rotatable bonds is 55. The molecule has 0 amide bonds. The van der Waals surface area contributed by atoms with E-state index < -0.39 is 6.10 Å². The Morgan fingerprint density at radius 3 is 0.855 bits per heavy atom. The average Bonchev–Trinajstić information content (AvgIpc) is 3.35. The van der Waals surface area contributed by atoms with Crippen LogP contribution >= 0.6 is 0 Å². The van der Waals surface area contributed by atoms with Gasteiger partial charge < -0.3 is 14.2 Å². The van der Waals surface area contributed by atoms with Crippen molar-refractivity contribution in [2.45, 2.75) is 322 Å². The molecule has 0 aliphatic carbocycles. The summed E-state index contributed by atoms with van der Waals surface area (Å²) in [7, 11) is 0. The van der Waals surface area contributed by atoms with Crippen molar-refractivity contribution in [3.8, 4) is 0 Å². The molecule has 402 valence electrons. The van der Waals surface area contributed by atoms with Crippen molar-refractivity contribution < 1.29 is 28.6 Å². The van der Waals surface area contributed by atoms with Crippen molar-refractivity contribution in [3.63, 3.8) is 0 Å². The first-order valence-corrected chi connectivity index (χ1v) is 30.1. The lowest BCUT2D eigenvalue weighted by Gasteiger charge is -2.18. The molecule has 0 fully saturated rings. The van der Waals surface area contributed by atoms with E-state index in [0.29, 0.717) is 19.3 Å². The van der Waals surface area contributed by atoms with Gasteiger partial charge in [-0.1, -0.05) is 243 Å². The Balaban J connectivity index is 4.34. The van der Waals surface area contributed by atoms with Crippen LogP contribution in [0.4, 0.5) is 0 Å². The van der Waals surface area contributed by atoms with Gasteiger partial charge in [-0.05, 0) is 103 Å². The number of ether oxygens (including phenoxy) is 3. The second-order valence-corrected chi connectivity index (χ2v) is 20.2. The highest BCUT2D eigenvalue weighted by Crippen LogP contribution is 2.16. The molecule has 0 aromatic rings. The van der Waals surface area contributed by atoms with Gasteiger partial charge >= 0.3 is 17.9 Å². The van der Waals surface area contributed by atoms with Crippen molar-refractivity contribution in [1.82, 2.24) is 0 Å². The fourth-order valence-corrected chi connectivity index (χ4v) is 8.70. The molecule has 0 aliphatic heterocycles. The minimum absolute atomic E-state index is 0.0769. The molecule has 6 nitrogen and oxygen atoms in total. The summed E-state index contributed by atoms with van der Waals surface area (Å²) >= 11 is 0. The first kappa shape index (κ1) is 66.4. The third-order valence-corrected chi connectivity index (χ3v) is 13.3. The van der Waals surface area contributed by atoms with E-state index in [9.17, 15) is 14.4 Å². The predicted molar refractivity (Wildman–Crippen MR) is 298 cm³/mol. The van der Waals surface area contributed by atoms with Crippen molar-refractivity contribution in [2.24, 2.45) is 0 Å². The Kier molecular flexibility index (Phi) is 55.7. The van der Waals surface area contributed by atoms with Crippen LogP contribution < -0.4 is 0 Å². The molecule has 1 atom stereocenters. The van der Waals surface area contributed by atoms with Crippen LogP contribution in [-0.4, -0.2) is 37.2 Å². The number of esters is 3. The molecule has 0 rings (SSSR count). The molecule has 0 aromatic carbocycles. The van der Waals surface area contributed by atoms with Crippen LogP contribution in [0.5, 0.6) is 0 Å². The van der Waals surface area contributed by atoms with Gasteiger partial charge in [0.1, 0.15) is 13.2 Å². The summed E-state index contributed by atoms with van der Waals surface area (Å²) in [6, 6.07) is 0. The minimum Gasteiger partial charge on any atom is -0.462 e. The molecule has 0 N–H and O–H groups in total. The van der Waals surface area contributed by atoms with Gasteiger partial charge in [0.05, 0.1) is 0 Å². The van der Waals surface area contributed by atoms with E-state index in [1.807, 2.05) is 0 Å². The van der Waals surface area contributed by atoms with Crippen molar-refractivity contribution in [1.29, 1.82) is 0 Å². The lowest BCUT2D eigenvalue weighted by Crippen LogP contribution is -2.30. The third kappa shape index (κ3) is 56.2. The maximum atomic E-state index is 12.9. The van der Waals surface area contributed by atoms with Gasteiger partial charge in [0.15, 0.2) is 6.10 Å². The van der Waals surface area contributed by atoms with E-state index in [-0.39, 0.29) is 31.1 Å². The Hall–Kier alpha value is -2.63. The third-order valence-electron chi connectivity index (χ3n) is 13.3. The number of hydrogen-bond donors (Lipinski definition) is 0. The van der Waals surface area contributed by atoms with Crippen molar-refractivity contribution in [2.75, 3.05) is 13.2 Å². The first-order chi connectivity index (χ1) is 34.0. The highest BCUT2D eigenvalue weighted by molar-refractivity contribution is 5.71. The fraction of sp³-hybridized carbons (Fsp3) is 0.825. The van der Waals surface area contributed by atoms with Gasteiger partial charge in [0, 0.05) is 19.3 Å². The standard InChI is InChI=1S/C63H114O6/c1-4-7-10-13-16-19-22-25-27-29-31-33-35-38-41-44-47-50-53-56-62(65)68-59-60(58-67-61(64)55-52-49-46-43-40-37-24-21-18-15-12-9-6-3)69-63(66)57-54-51-48-45-42-39-36-34-32-30-28-26-23-20-17-14-11-8-5-2/h16,19,21,24-28,60H,4-15,17-18,20,22-23,29-59H2,1-3H3/b19-16-,24-21-,27-25-,28-26-/t60-/m1/s1. The monoisotopic (exact) mass is 967 g/mol. The van der Waals surface area contributed by atoms with E-state index in [1.165, 1.54) is 205 Å². The molecule has 0 spiro atoms. The molecule has 0 radical (unpaired) electrons. The fourth-order valence-electron chi connectivity index (χ4n) is 8.70. The van der Waals surface area contributed by atoms with Crippen LogP contribution in [0, 0.1) is 0 Å². The van der Waals surface area contributed by atoms with Crippen molar-refractivity contribution >= 4 is 17.9 Å². The molecule has 0 saturated carbocycles. The zero-order chi connectivity index (χ0) is 50.0. The Labute approximate surface area is 428 Å². The van der Waals surface area contributed by atoms with Gasteiger partial charge in [-0.3, -0.25) is 14.4 Å². The predicted octanol–water partition coefficient (Wildman–Crippen LogP) is 20.2. The Morgan fingerprint density at radius 1 is 0.290 bits per heavy atom. The smallest absolute Gasteiger partial charge is 0.306 e. The van der Waals surface area contributed by atoms with E-state index in [1.54, 1.807) is 0 Å². The summed E-state index contributed by atoms with van der Waals surface area (Å²) in [4.78, 5) is 38.2. The Morgan fingerprint density at radius 2 is 0.522 bits per heavy atom. The molecule has 0 bridgehead atoms. The minimum atomic E-state index is -0.779. The highest BCUT2D eigenvalue weighted by Gasteiger charge is 2.19. The maximum absolute atomic E-state index is 12.9. The molecular formula is C63H114O6. The average molecular weight is 968 g/mol. The van der Waals surface area contributed by atoms with Gasteiger partial charge in [-0.25, -0.2) is 0 Å². The summed E-state index contributed by atoms with van der Waals surface area (Å²) < 4.78 is 16.9. The van der Waals surface area contributed by atoms with Crippen molar-refractivity contribution in [3.05, 3.63) is 48.6 Å². The first-order valence-electron chi connectivity index (χ1n) is 30.1. The van der Waals surface area contributed by atoms with Crippen LogP contribution in [-0.2, 0) is 28.6 Å². The summed E-state index contributed by atoms with van der Waals surface area (Å²) in [5.74, 6) is -0.876. The van der Waals surface area contributed by atoms with Gasteiger partial charge in [-0.2, -0.15) is 0 Å². The van der Waals surface area contributed by atoms with Gasteiger partial charge in [-0.15, -0.1) is 0 Å². The number of unbranched alkanes of at least 4 members (excludes halogenated alkanes) is 36. The topological polar surface area (TPSA) is 78.9 Å². The molecule has 69 heavy (non-hydrogen) atoms. The molecule has 0 unspecified atom stereocenters. The zero-order valence-corrected chi connectivity index (χ0v) is 46.1. The second kappa shape index (κ2) is 57.9. The number of carbonyl (C=O) groups excluding carboxylic acids is 3. The van der Waals surface area contributed by atoms with Crippen LogP contribution in [0.2, 0.25) is 0 Å². The molecule has 0 saturated heterocycles. The summed E-state index contributed by atoms with van der Waals surface area (Å²) in [6.45, 7) is 6.62.